The van der Waals surface area contributed by atoms with Crippen molar-refractivity contribution in [1.82, 2.24) is 4.57 Å². The fraction of sp³-hybridized carbons (Fsp3) is 0.0769. The van der Waals surface area contributed by atoms with Gasteiger partial charge in [-0.2, -0.15) is 0 Å². The van der Waals surface area contributed by atoms with Crippen LogP contribution in [0.4, 0.5) is 17.1 Å². The molecule has 1 spiro atoms. The molecule has 11 aromatic rings. The van der Waals surface area contributed by atoms with Crippen LogP contribution in [0.1, 0.15) is 36.8 Å². The predicted molar refractivity (Wildman–Crippen MR) is 282 cm³/mol. The fourth-order valence-corrected chi connectivity index (χ4v) is 11.8. The largest absolute Gasteiger partial charge is 0.310 e. The molecule has 0 N–H and O–H groups in total. The van der Waals surface area contributed by atoms with Crippen LogP contribution in [0.25, 0.3) is 83.1 Å². The van der Waals surface area contributed by atoms with Gasteiger partial charge in [-0.05, 0) is 129 Å². The Kier molecular flexibility index (Phi) is 9.39. The van der Waals surface area contributed by atoms with Gasteiger partial charge in [0.25, 0.3) is 0 Å². The van der Waals surface area contributed by atoms with Gasteiger partial charge in [0.2, 0.25) is 0 Å². The summed E-state index contributed by atoms with van der Waals surface area (Å²) in [5, 5.41) is 2.51. The maximum Gasteiger partial charge on any atom is 0.0541 e. The lowest BCUT2D eigenvalue weighted by atomic mass is 9.76. The molecule has 1 aromatic heterocycles. The highest BCUT2D eigenvalue weighted by Crippen LogP contribution is 2.57. The molecule has 2 nitrogen and oxygen atoms in total. The number of para-hydroxylation sites is 3. The Balaban J connectivity index is 0.977. The van der Waals surface area contributed by atoms with E-state index in [0.29, 0.717) is 0 Å². The van der Waals surface area contributed by atoms with Gasteiger partial charge >= 0.3 is 0 Å². The van der Waals surface area contributed by atoms with Crippen molar-refractivity contribution in [2.75, 3.05) is 4.90 Å². The molecule has 1 saturated carbocycles. The lowest BCUT2D eigenvalue weighted by Gasteiger charge is -2.29. The average Bonchev–Trinajstić information content (AvgIpc) is 4.11. The predicted octanol–water partition coefficient (Wildman–Crippen LogP) is 17.8. The second-order valence-electron chi connectivity index (χ2n) is 18.3. The summed E-state index contributed by atoms with van der Waals surface area (Å²) >= 11 is 0. The molecule has 0 bridgehead atoms. The van der Waals surface area contributed by atoms with E-state index in [1.165, 1.54) is 109 Å². The second-order valence-corrected chi connectivity index (χ2v) is 18.3. The summed E-state index contributed by atoms with van der Waals surface area (Å²) in [6.07, 6.45) is 5.02. The molecule has 1 heterocycles. The zero-order chi connectivity index (χ0) is 44.3. The number of benzene rings is 10. The minimum atomic E-state index is 0.127. The average molecular weight is 857 g/mol. The number of aromatic nitrogens is 1. The highest BCUT2D eigenvalue weighted by Gasteiger charge is 2.44. The van der Waals surface area contributed by atoms with Crippen LogP contribution in [-0.2, 0) is 5.41 Å². The van der Waals surface area contributed by atoms with E-state index < -0.39 is 0 Å². The molecule has 318 valence electrons. The molecule has 67 heavy (non-hydrogen) atoms. The van der Waals surface area contributed by atoms with Gasteiger partial charge in [0, 0.05) is 38.8 Å². The first kappa shape index (κ1) is 39.2. The summed E-state index contributed by atoms with van der Waals surface area (Å²) in [7, 11) is 0. The van der Waals surface area contributed by atoms with Crippen LogP contribution in [0.2, 0.25) is 0 Å². The number of hydrogen-bond acceptors (Lipinski definition) is 1. The van der Waals surface area contributed by atoms with Gasteiger partial charge in [-0.1, -0.05) is 201 Å². The lowest BCUT2D eigenvalue weighted by Crippen LogP contribution is -2.20. The van der Waals surface area contributed by atoms with E-state index in [4.69, 9.17) is 0 Å². The normalized spacial score (nSPS) is 13.6. The van der Waals surface area contributed by atoms with E-state index in [9.17, 15) is 0 Å². The fourth-order valence-electron chi connectivity index (χ4n) is 11.8. The molecule has 13 rings (SSSR count). The van der Waals surface area contributed by atoms with Gasteiger partial charge in [-0.3, -0.25) is 0 Å². The molecule has 0 saturated heterocycles. The number of rotatable bonds is 8. The molecule has 0 atom stereocenters. The monoisotopic (exact) mass is 856 g/mol. The number of fused-ring (bicyclic) bond motifs is 8. The molecule has 2 heteroatoms. The highest BCUT2D eigenvalue weighted by molar-refractivity contribution is 6.09. The van der Waals surface area contributed by atoms with Crippen molar-refractivity contribution >= 4 is 38.9 Å². The van der Waals surface area contributed by atoms with Crippen molar-refractivity contribution < 1.29 is 0 Å². The van der Waals surface area contributed by atoms with Crippen LogP contribution in [0, 0.1) is 0 Å². The van der Waals surface area contributed by atoms with Crippen LogP contribution >= 0.6 is 0 Å². The summed E-state index contributed by atoms with van der Waals surface area (Å²) in [5.41, 5.74) is 22.5. The summed E-state index contributed by atoms with van der Waals surface area (Å²) in [6, 6.07) is 89.7. The lowest BCUT2D eigenvalue weighted by molar-refractivity contribution is 0.550. The molecule has 1 fully saturated rings. The Morgan fingerprint density at radius 1 is 0.328 bits per heavy atom. The van der Waals surface area contributed by atoms with Crippen molar-refractivity contribution in [3.05, 3.63) is 254 Å². The molecule has 0 amide bonds. The first-order valence-corrected chi connectivity index (χ1v) is 23.8. The molecule has 0 aliphatic heterocycles. The third-order valence-corrected chi connectivity index (χ3v) is 14.8. The number of nitrogens with zero attached hydrogens (tertiary/aromatic N) is 2. The molecular formula is C65H48N2. The first-order chi connectivity index (χ1) is 33.2. The Morgan fingerprint density at radius 2 is 0.866 bits per heavy atom. The number of anilines is 3. The maximum absolute atomic E-state index is 2.52. The zero-order valence-corrected chi connectivity index (χ0v) is 37.3. The van der Waals surface area contributed by atoms with E-state index in [1.807, 2.05) is 0 Å². The summed E-state index contributed by atoms with van der Waals surface area (Å²) in [4.78, 5) is 2.46. The van der Waals surface area contributed by atoms with Crippen LogP contribution in [0.15, 0.2) is 243 Å². The van der Waals surface area contributed by atoms with Crippen LogP contribution in [0.3, 0.4) is 0 Å². The van der Waals surface area contributed by atoms with Crippen LogP contribution in [0.5, 0.6) is 0 Å². The van der Waals surface area contributed by atoms with Gasteiger partial charge < -0.3 is 9.47 Å². The minimum absolute atomic E-state index is 0.127. The number of hydrogen-bond donors (Lipinski definition) is 0. The van der Waals surface area contributed by atoms with Gasteiger partial charge in [-0.15, -0.1) is 0 Å². The zero-order valence-electron chi connectivity index (χ0n) is 37.3. The third-order valence-electron chi connectivity index (χ3n) is 14.8. The Hall–Kier alpha value is -8.20. The van der Waals surface area contributed by atoms with Crippen molar-refractivity contribution in [3.8, 4) is 61.3 Å². The van der Waals surface area contributed by atoms with Crippen LogP contribution in [-0.4, -0.2) is 4.57 Å². The first-order valence-electron chi connectivity index (χ1n) is 23.8. The summed E-state index contributed by atoms with van der Waals surface area (Å²) < 4.78 is 2.42. The molecular weight excluding hydrogens is 809 g/mol. The van der Waals surface area contributed by atoms with Crippen molar-refractivity contribution in [2.45, 2.75) is 31.1 Å². The van der Waals surface area contributed by atoms with E-state index in [0.717, 1.165) is 28.3 Å². The maximum atomic E-state index is 2.52. The van der Waals surface area contributed by atoms with E-state index >= 15 is 0 Å². The SMILES string of the molecule is c1ccc(-c2ccccc2-c2ccccc2-c2ccccc2N(c2ccc(-c3ccc4c(c3)C3(CCCC3)c3ccccc3-4)cc2)c2cccc(-n3c4ccccc4c4ccccc43)c2)cc1. The van der Waals surface area contributed by atoms with E-state index in [1.54, 1.807) is 0 Å². The molecule has 10 aromatic carbocycles. The smallest absolute Gasteiger partial charge is 0.0541 e. The van der Waals surface area contributed by atoms with Gasteiger partial charge in [-0.25, -0.2) is 0 Å². The molecule has 2 aliphatic carbocycles. The van der Waals surface area contributed by atoms with Crippen LogP contribution < -0.4 is 4.90 Å². The highest BCUT2D eigenvalue weighted by atomic mass is 15.1. The summed E-state index contributed by atoms with van der Waals surface area (Å²) in [5.74, 6) is 0. The van der Waals surface area contributed by atoms with Gasteiger partial charge in [0.05, 0.1) is 16.7 Å². The summed E-state index contributed by atoms with van der Waals surface area (Å²) in [6.45, 7) is 0. The van der Waals surface area contributed by atoms with Gasteiger partial charge in [0.1, 0.15) is 0 Å². The van der Waals surface area contributed by atoms with E-state index in [2.05, 4.69) is 252 Å². The van der Waals surface area contributed by atoms with E-state index in [-0.39, 0.29) is 5.41 Å². The van der Waals surface area contributed by atoms with Gasteiger partial charge in [0.15, 0.2) is 0 Å². The standard InChI is InChI=1S/C65H48N2/c1-2-19-46(20-3-1)51-23-4-5-24-52(51)53-25-6-7-26-54(53)57-28-9-13-32-62(57)66(49-21-18-22-50(44-49)67-63-33-14-10-29-58(63)59-30-11-15-34-64(59)67)48-38-35-45(36-39-48)47-37-40-56-55-27-8-12-31-60(55)65(61(56)43-47)41-16-17-42-65/h1-15,18-40,43-44H,16-17,41-42H2. The topological polar surface area (TPSA) is 8.17 Å². The molecule has 2 aliphatic rings. The second kappa shape index (κ2) is 16.0. The van der Waals surface area contributed by atoms with Crippen molar-refractivity contribution in [3.63, 3.8) is 0 Å². The van der Waals surface area contributed by atoms with Crippen molar-refractivity contribution in [1.29, 1.82) is 0 Å². The molecule has 0 unspecified atom stereocenters. The Morgan fingerprint density at radius 3 is 1.58 bits per heavy atom. The Labute approximate surface area is 392 Å². The Bertz CT molecular complexity index is 3590. The minimum Gasteiger partial charge on any atom is -0.310 e. The quantitative estimate of drug-likeness (QED) is 0.148. The molecule has 0 radical (unpaired) electrons. The third kappa shape index (κ3) is 6.39. The van der Waals surface area contributed by atoms with Crippen molar-refractivity contribution in [2.24, 2.45) is 0 Å².